The molecule has 0 radical (unpaired) electrons. The first-order valence-corrected chi connectivity index (χ1v) is 3.76. The quantitative estimate of drug-likeness (QED) is 0.527. The summed E-state index contributed by atoms with van der Waals surface area (Å²) in [5.41, 5.74) is 1.38. The first-order valence-electron chi connectivity index (χ1n) is 3.38. The van der Waals surface area contributed by atoms with E-state index in [9.17, 15) is 0 Å². The Kier molecular flexibility index (Phi) is 2.35. The van der Waals surface area contributed by atoms with Crippen molar-refractivity contribution in [1.82, 2.24) is 0 Å². The third-order valence-corrected chi connectivity index (χ3v) is 1.84. The van der Waals surface area contributed by atoms with Gasteiger partial charge in [0.1, 0.15) is 0 Å². The van der Waals surface area contributed by atoms with Gasteiger partial charge in [-0.25, -0.2) is 0 Å². The standard InChI is InChI=1S/C8H11Cl/c1-2-7-4-3-5-8(9)6-7/h4,6H,2-3,5H2,1H3. The molecule has 0 nitrogen and oxygen atoms in total. The van der Waals surface area contributed by atoms with Crippen LogP contribution in [0.3, 0.4) is 0 Å². The normalized spacial score (nSPS) is 18.9. The maximum atomic E-state index is 5.81. The minimum atomic E-state index is 1.01. The Morgan fingerprint density at radius 2 is 2.44 bits per heavy atom. The maximum absolute atomic E-state index is 5.81. The summed E-state index contributed by atoms with van der Waals surface area (Å²) in [7, 11) is 0. The number of hydrogen-bond acceptors (Lipinski definition) is 0. The fraction of sp³-hybridized carbons (Fsp3) is 0.500. The minimum Gasteiger partial charge on any atom is -0.0891 e. The number of hydrogen-bond donors (Lipinski definition) is 0. The lowest BCUT2D eigenvalue weighted by atomic mass is 10.1. The molecule has 0 aromatic carbocycles. The van der Waals surface area contributed by atoms with Gasteiger partial charge in [0.05, 0.1) is 0 Å². The van der Waals surface area contributed by atoms with Crippen molar-refractivity contribution < 1.29 is 0 Å². The van der Waals surface area contributed by atoms with Crippen molar-refractivity contribution in [1.29, 1.82) is 0 Å². The highest BCUT2D eigenvalue weighted by atomic mass is 35.5. The summed E-state index contributed by atoms with van der Waals surface area (Å²) >= 11 is 5.81. The van der Waals surface area contributed by atoms with Gasteiger partial charge in [0.2, 0.25) is 0 Å². The van der Waals surface area contributed by atoms with Crippen molar-refractivity contribution in [3.05, 3.63) is 22.8 Å². The van der Waals surface area contributed by atoms with Crippen LogP contribution in [0.1, 0.15) is 26.2 Å². The summed E-state index contributed by atoms with van der Waals surface area (Å²) in [5.74, 6) is 0. The van der Waals surface area contributed by atoms with E-state index in [0.29, 0.717) is 0 Å². The molecule has 0 amide bonds. The van der Waals surface area contributed by atoms with Crippen LogP contribution in [0.25, 0.3) is 0 Å². The molecular formula is C8H11Cl. The zero-order valence-corrected chi connectivity index (χ0v) is 6.41. The van der Waals surface area contributed by atoms with E-state index in [1.165, 1.54) is 5.57 Å². The van der Waals surface area contributed by atoms with Gasteiger partial charge >= 0.3 is 0 Å². The average molecular weight is 143 g/mol. The zero-order chi connectivity index (χ0) is 6.69. The van der Waals surface area contributed by atoms with Crippen molar-refractivity contribution >= 4 is 11.6 Å². The number of rotatable bonds is 1. The van der Waals surface area contributed by atoms with Crippen LogP contribution >= 0.6 is 11.6 Å². The second-order valence-corrected chi connectivity index (χ2v) is 2.75. The van der Waals surface area contributed by atoms with Gasteiger partial charge in [-0.1, -0.05) is 30.2 Å². The van der Waals surface area contributed by atoms with Crippen molar-refractivity contribution in [2.24, 2.45) is 0 Å². The van der Waals surface area contributed by atoms with Gasteiger partial charge in [-0.2, -0.15) is 0 Å². The maximum Gasteiger partial charge on any atom is 0.0186 e. The van der Waals surface area contributed by atoms with E-state index < -0.39 is 0 Å². The first-order chi connectivity index (χ1) is 4.33. The van der Waals surface area contributed by atoms with Crippen LogP contribution in [-0.4, -0.2) is 0 Å². The molecule has 0 spiro atoms. The zero-order valence-electron chi connectivity index (χ0n) is 5.65. The highest BCUT2D eigenvalue weighted by Gasteiger charge is 1.99. The van der Waals surface area contributed by atoms with Gasteiger partial charge in [-0.15, -0.1) is 0 Å². The van der Waals surface area contributed by atoms with Crippen LogP contribution in [0.4, 0.5) is 0 Å². The van der Waals surface area contributed by atoms with Gasteiger partial charge in [0.15, 0.2) is 0 Å². The van der Waals surface area contributed by atoms with Crippen molar-refractivity contribution in [2.45, 2.75) is 26.2 Å². The molecule has 0 unspecified atom stereocenters. The predicted octanol–water partition coefficient (Wildman–Crippen LogP) is 3.24. The largest absolute Gasteiger partial charge is 0.0891 e. The van der Waals surface area contributed by atoms with Crippen molar-refractivity contribution in [3.8, 4) is 0 Å². The van der Waals surface area contributed by atoms with Crippen LogP contribution in [0.15, 0.2) is 22.8 Å². The Morgan fingerprint density at radius 3 is 2.89 bits per heavy atom. The van der Waals surface area contributed by atoms with Gasteiger partial charge in [0, 0.05) is 5.03 Å². The molecule has 0 saturated heterocycles. The molecule has 0 N–H and O–H groups in total. The topological polar surface area (TPSA) is 0 Å². The molecule has 0 bridgehead atoms. The molecule has 1 aliphatic rings. The molecule has 1 rings (SSSR count). The van der Waals surface area contributed by atoms with Gasteiger partial charge < -0.3 is 0 Å². The summed E-state index contributed by atoms with van der Waals surface area (Å²) < 4.78 is 0. The van der Waals surface area contributed by atoms with Crippen LogP contribution in [-0.2, 0) is 0 Å². The summed E-state index contributed by atoms with van der Waals surface area (Å²) in [6, 6.07) is 0. The molecule has 9 heavy (non-hydrogen) atoms. The number of allylic oxidation sites excluding steroid dienone is 4. The van der Waals surface area contributed by atoms with Gasteiger partial charge in [-0.3, -0.25) is 0 Å². The molecule has 0 aromatic rings. The Hall–Kier alpha value is -0.230. The SMILES string of the molecule is CCC1=CCCC(Cl)=C1. The Morgan fingerprint density at radius 1 is 1.67 bits per heavy atom. The Balaban J connectivity index is 2.63. The molecule has 0 aromatic heterocycles. The lowest BCUT2D eigenvalue weighted by molar-refractivity contribution is 0.969. The molecule has 0 fully saturated rings. The van der Waals surface area contributed by atoms with Crippen LogP contribution in [0.5, 0.6) is 0 Å². The monoisotopic (exact) mass is 142 g/mol. The third-order valence-electron chi connectivity index (χ3n) is 1.54. The molecule has 0 saturated carbocycles. The van der Waals surface area contributed by atoms with E-state index in [1.54, 1.807) is 0 Å². The highest BCUT2D eigenvalue weighted by molar-refractivity contribution is 6.29. The average Bonchev–Trinajstić information content (AvgIpc) is 1.88. The molecule has 0 heterocycles. The van der Waals surface area contributed by atoms with Crippen molar-refractivity contribution in [2.75, 3.05) is 0 Å². The van der Waals surface area contributed by atoms with E-state index in [4.69, 9.17) is 11.6 Å². The molecular weight excluding hydrogens is 132 g/mol. The highest BCUT2D eigenvalue weighted by Crippen LogP contribution is 2.21. The molecule has 50 valence electrons. The molecule has 0 atom stereocenters. The van der Waals surface area contributed by atoms with Crippen LogP contribution in [0, 0.1) is 0 Å². The summed E-state index contributed by atoms with van der Waals surface area (Å²) in [6.07, 6.45) is 7.59. The Labute approximate surface area is 61.2 Å². The van der Waals surface area contributed by atoms with Crippen molar-refractivity contribution in [3.63, 3.8) is 0 Å². The fourth-order valence-corrected chi connectivity index (χ4v) is 1.22. The smallest absolute Gasteiger partial charge is 0.0186 e. The van der Waals surface area contributed by atoms with E-state index >= 15 is 0 Å². The molecule has 1 heteroatoms. The summed E-state index contributed by atoms with van der Waals surface area (Å²) in [6.45, 7) is 2.15. The summed E-state index contributed by atoms with van der Waals surface area (Å²) in [5, 5.41) is 1.01. The lowest BCUT2D eigenvalue weighted by Gasteiger charge is -2.05. The van der Waals surface area contributed by atoms with E-state index in [2.05, 4.69) is 19.1 Å². The third kappa shape index (κ3) is 1.87. The first kappa shape index (κ1) is 6.88. The van der Waals surface area contributed by atoms with E-state index in [1.807, 2.05) is 0 Å². The molecule has 1 aliphatic carbocycles. The van der Waals surface area contributed by atoms with Crippen LogP contribution < -0.4 is 0 Å². The summed E-state index contributed by atoms with van der Waals surface area (Å²) in [4.78, 5) is 0. The van der Waals surface area contributed by atoms with Gasteiger partial charge in [0.25, 0.3) is 0 Å². The van der Waals surface area contributed by atoms with E-state index in [0.717, 1.165) is 24.3 Å². The predicted molar refractivity (Wildman–Crippen MR) is 41.5 cm³/mol. The minimum absolute atomic E-state index is 1.01. The second-order valence-electron chi connectivity index (χ2n) is 2.26. The Bertz CT molecular complexity index is 154. The second kappa shape index (κ2) is 3.07. The number of halogens is 1. The molecule has 0 aliphatic heterocycles. The fourth-order valence-electron chi connectivity index (χ4n) is 0.974. The lowest BCUT2D eigenvalue weighted by Crippen LogP contribution is -1.85. The van der Waals surface area contributed by atoms with Crippen LogP contribution in [0.2, 0.25) is 0 Å². The van der Waals surface area contributed by atoms with Gasteiger partial charge in [-0.05, 0) is 25.3 Å². The van der Waals surface area contributed by atoms with E-state index in [-0.39, 0.29) is 0 Å².